The van der Waals surface area contributed by atoms with Crippen molar-refractivity contribution < 1.29 is 31.1 Å². The molecule has 2 unspecified atom stereocenters. The third kappa shape index (κ3) is 4.19. The summed E-state index contributed by atoms with van der Waals surface area (Å²) in [5.41, 5.74) is -5.39. The lowest BCUT2D eigenvalue weighted by atomic mass is 9.93. The van der Waals surface area contributed by atoms with Crippen molar-refractivity contribution in [2.24, 2.45) is 0 Å². The van der Waals surface area contributed by atoms with Gasteiger partial charge in [-0.2, -0.15) is 26.3 Å². The first-order valence-corrected chi connectivity index (χ1v) is 6.74. The molecule has 0 aromatic heterocycles. The summed E-state index contributed by atoms with van der Waals surface area (Å²) in [6.45, 7) is 1.69. The fraction of sp³-hybridized carbons (Fsp3) is 0.462. The van der Waals surface area contributed by atoms with Gasteiger partial charge in [-0.05, 0) is 18.6 Å². The zero-order valence-electron chi connectivity index (χ0n) is 11.0. The molecule has 0 bridgehead atoms. The number of hydrogen-bond acceptors (Lipinski definition) is 1. The molecule has 1 rings (SSSR count). The molecule has 0 amide bonds. The summed E-state index contributed by atoms with van der Waals surface area (Å²) in [5, 5.41) is 0. The molecule has 118 valence electrons. The minimum absolute atomic E-state index is 0.187. The van der Waals surface area contributed by atoms with E-state index in [-0.39, 0.29) is 6.42 Å². The molecule has 0 aliphatic rings. The Hall–Kier alpha value is -1.10. The van der Waals surface area contributed by atoms with Gasteiger partial charge in [-0.3, -0.25) is 4.79 Å². The van der Waals surface area contributed by atoms with E-state index in [9.17, 15) is 31.1 Å². The second-order valence-electron chi connectivity index (χ2n) is 4.48. The topological polar surface area (TPSA) is 17.1 Å². The van der Waals surface area contributed by atoms with E-state index >= 15 is 0 Å². The van der Waals surface area contributed by atoms with Gasteiger partial charge in [0.1, 0.15) is 0 Å². The van der Waals surface area contributed by atoms with Crippen LogP contribution in [0.2, 0.25) is 0 Å². The Kier molecular flexibility index (Phi) is 5.42. The van der Waals surface area contributed by atoms with Gasteiger partial charge >= 0.3 is 12.4 Å². The lowest BCUT2D eigenvalue weighted by Gasteiger charge is -2.20. The molecule has 21 heavy (non-hydrogen) atoms. The summed E-state index contributed by atoms with van der Waals surface area (Å²) in [6, 6.07) is 1.64. The van der Waals surface area contributed by atoms with E-state index in [0.29, 0.717) is 24.6 Å². The molecule has 2 atom stereocenters. The van der Waals surface area contributed by atoms with Crippen molar-refractivity contribution in [3.63, 3.8) is 0 Å². The molecule has 0 fully saturated rings. The van der Waals surface area contributed by atoms with Crippen LogP contribution in [0.3, 0.4) is 0 Å². The third-order valence-corrected chi connectivity index (χ3v) is 3.49. The molecule has 0 saturated heterocycles. The van der Waals surface area contributed by atoms with Crippen LogP contribution in [-0.2, 0) is 12.4 Å². The van der Waals surface area contributed by atoms with Gasteiger partial charge in [-0.1, -0.05) is 19.4 Å². The van der Waals surface area contributed by atoms with Crippen molar-refractivity contribution in [1.29, 1.82) is 0 Å². The summed E-state index contributed by atoms with van der Waals surface area (Å²) in [6.07, 6.45) is -9.39. The number of rotatable bonds is 4. The highest BCUT2D eigenvalue weighted by atomic mass is 31.0. The quantitative estimate of drug-likeness (QED) is 0.434. The van der Waals surface area contributed by atoms with Crippen LogP contribution in [0.1, 0.15) is 41.3 Å². The Morgan fingerprint density at radius 1 is 1.10 bits per heavy atom. The SMILES string of the molecule is CCCC(P)C(=O)c1c(C(F)(F)F)cccc1C(F)(F)F. The van der Waals surface area contributed by atoms with Gasteiger partial charge in [0.2, 0.25) is 0 Å². The number of carbonyl (C=O) groups is 1. The lowest BCUT2D eigenvalue weighted by molar-refractivity contribution is -0.143. The molecular weight excluding hydrogens is 317 g/mol. The predicted octanol–water partition coefficient (Wildman–Crippen LogP) is 4.95. The number of Topliss-reactive ketones (excluding diaryl/α,β-unsaturated/α-hetero) is 1. The maximum absolute atomic E-state index is 12.9. The fourth-order valence-electron chi connectivity index (χ4n) is 1.92. The number of alkyl halides is 6. The van der Waals surface area contributed by atoms with Crippen molar-refractivity contribution in [3.8, 4) is 0 Å². The van der Waals surface area contributed by atoms with Gasteiger partial charge in [-0.25, -0.2) is 0 Å². The van der Waals surface area contributed by atoms with Crippen molar-refractivity contribution in [3.05, 3.63) is 34.9 Å². The summed E-state index contributed by atoms with van der Waals surface area (Å²) in [7, 11) is 2.01. The van der Waals surface area contributed by atoms with Gasteiger partial charge in [0.15, 0.2) is 5.78 Å². The lowest BCUT2D eigenvalue weighted by Crippen LogP contribution is -2.24. The van der Waals surface area contributed by atoms with Crippen LogP contribution in [0, 0.1) is 0 Å². The number of halogens is 6. The largest absolute Gasteiger partial charge is 0.417 e. The Morgan fingerprint density at radius 3 is 1.86 bits per heavy atom. The maximum atomic E-state index is 12.9. The molecule has 1 nitrogen and oxygen atoms in total. The number of benzene rings is 1. The smallest absolute Gasteiger partial charge is 0.293 e. The van der Waals surface area contributed by atoms with Crippen LogP contribution in [-0.4, -0.2) is 11.4 Å². The van der Waals surface area contributed by atoms with Crippen LogP contribution in [0.4, 0.5) is 26.3 Å². The monoisotopic (exact) mass is 330 g/mol. The molecule has 8 heteroatoms. The van der Waals surface area contributed by atoms with Crippen LogP contribution in [0.15, 0.2) is 18.2 Å². The van der Waals surface area contributed by atoms with Gasteiger partial charge < -0.3 is 0 Å². The zero-order chi connectivity index (χ0) is 16.4. The first-order chi connectivity index (χ1) is 9.50. The van der Waals surface area contributed by atoms with Crippen molar-refractivity contribution in [2.75, 3.05) is 0 Å². The summed E-state index contributed by atoms with van der Waals surface area (Å²) < 4.78 is 77.4. The van der Waals surface area contributed by atoms with Gasteiger partial charge in [0.05, 0.1) is 11.1 Å². The average molecular weight is 330 g/mol. The highest BCUT2D eigenvalue weighted by molar-refractivity contribution is 7.19. The van der Waals surface area contributed by atoms with E-state index in [1.807, 2.05) is 9.24 Å². The number of carbonyl (C=O) groups excluding carboxylic acids is 1. The molecular formula is C13H13F6OP. The first-order valence-electron chi connectivity index (χ1n) is 6.07. The van der Waals surface area contributed by atoms with E-state index in [4.69, 9.17) is 0 Å². The molecule has 0 spiro atoms. The Labute approximate surface area is 119 Å². The molecule has 0 saturated carbocycles. The summed E-state index contributed by atoms with van der Waals surface area (Å²) in [4.78, 5) is 12.0. The predicted molar refractivity (Wildman–Crippen MR) is 69.2 cm³/mol. The highest BCUT2D eigenvalue weighted by Crippen LogP contribution is 2.40. The second kappa shape index (κ2) is 6.34. The fourth-order valence-corrected chi connectivity index (χ4v) is 2.42. The van der Waals surface area contributed by atoms with Crippen LogP contribution >= 0.6 is 9.24 Å². The molecule has 0 heterocycles. The van der Waals surface area contributed by atoms with E-state index in [1.165, 1.54) is 0 Å². The van der Waals surface area contributed by atoms with Crippen LogP contribution in [0.25, 0.3) is 0 Å². The molecule has 0 aliphatic carbocycles. The van der Waals surface area contributed by atoms with Crippen LogP contribution < -0.4 is 0 Å². The Balaban J connectivity index is 3.54. The maximum Gasteiger partial charge on any atom is 0.417 e. The van der Waals surface area contributed by atoms with Crippen molar-refractivity contribution in [2.45, 2.75) is 37.8 Å². The molecule has 0 aliphatic heterocycles. The van der Waals surface area contributed by atoms with Gasteiger partial charge in [0, 0.05) is 11.2 Å². The molecule has 1 aromatic carbocycles. The van der Waals surface area contributed by atoms with Crippen molar-refractivity contribution in [1.82, 2.24) is 0 Å². The summed E-state index contributed by atoms with van der Waals surface area (Å²) >= 11 is 0. The minimum atomic E-state index is -5.02. The van der Waals surface area contributed by atoms with E-state index in [1.54, 1.807) is 6.92 Å². The van der Waals surface area contributed by atoms with Gasteiger partial charge in [-0.15, -0.1) is 9.24 Å². The Morgan fingerprint density at radius 2 is 1.52 bits per heavy atom. The van der Waals surface area contributed by atoms with E-state index < -0.39 is 40.5 Å². The molecule has 1 aromatic rings. The third-order valence-electron chi connectivity index (χ3n) is 2.86. The standard InChI is InChI=1S/C13H13F6OP/c1-2-4-9(21)11(20)10-7(12(14,15)16)5-3-6-8(10)13(17,18)19/h3,5-6,9H,2,4,21H2,1H3. The number of ketones is 1. The minimum Gasteiger partial charge on any atom is -0.293 e. The Bertz CT molecular complexity index is 488. The zero-order valence-corrected chi connectivity index (χ0v) is 12.1. The normalized spacial score (nSPS) is 14.1. The molecule has 0 N–H and O–H groups in total. The van der Waals surface area contributed by atoms with Gasteiger partial charge in [0.25, 0.3) is 0 Å². The summed E-state index contributed by atoms with van der Waals surface area (Å²) in [5.74, 6) is -1.16. The molecule has 0 radical (unpaired) electrons. The van der Waals surface area contributed by atoms with E-state index in [0.717, 1.165) is 0 Å². The highest BCUT2D eigenvalue weighted by Gasteiger charge is 2.43. The van der Waals surface area contributed by atoms with Crippen molar-refractivity contribution >= 4 is 15.0 Å². The van der Waals surface area contributed by atoms with Crippen LogP contribution in [0.5, 0.6) is 0 Å². The average Bonchev–Trinajstić information content (AvgIpc) is 2.35. The number of hydrogen-bond donors (Lipinski definition) is 0. The second-order valence-corrected chi connectivity index (χ2v) is 5.29. The first kappa shape index (κ1) is 18.0. The van der Waals surface area contributed by atoms with E-state index in [2.05, 4.69) is 0 Å².